The summed E-state index contributed by atoms with van der Waals surface area (Å²) in [5.74, 6) is -0.955. The summed E-state index contributed by atoms with van der Waals surface area (Å²) >= 11 is 4.95. The van der Waals surface area contributed by atoms with Crippen molar-refractivity contribution in [3.63, 3.8) is 0 Å². The summed E-state index contributed by atoms with van der Waals surface area (Å²) in [5, 5.41) is 17.1. The Morgan fingerprint density at radius 2 is 1.80 bits per heavy atom. The van der Waals surface area contributed by atoms with Gasteiger partial charge in [-0.05, 0) is 39.4 Å². The average Bonchev–Trinajstić information content (AvgIpc) is 2.29. The maximum absolute atomic E-state index is 11.3. The predicted molar refractivity (Wildman–Crippen MR) is 79.7 cm³/mol. The van der Waals surface area contributed by atoms with Crippen LogP contribution in [0.5, 0.6) is 0 Å². The maximum atomic E-state index is 11.3. The molecular weight excluding hydrogens is 282 g/mol. The smallest absolute Gasteiger partial charge is 0.407 e. The number of carboxylic acid groups (broad SMARTS) is 1. The fourth-order valence-corrected chi connectivity index (χ4v) is 1.45. The van der Waals surface area contributed by atoms with Crippen LogP contribution in [0.25, 0.3) is 0 Å². The second-order valence-electron chi connectivity index (χ2n) is 5.13. The standard InChI is InChI=1S/C12H23N3O4S/c1-5-8(9(16)17)15-10(20)13-6-7-14-11(18)19-12(2,3)4/h8H,5-7H2,1-4H3,(H,14,18)(H,16,17)(H2,13,15,20). The number of nitrogens with one attached hydrogen (secondary N) is 3. The van der Waals surface area contributed by atoms with Gasteiger partial charge >= 0.3 is 12.1 Å². The normalized spacial score (nSPS) is 12.2. The molecule has 7 nitrogen and oxygen atoms in total. The number of carbonyl (C=O) groups is 2. The van der Waals surface area contributed by atoms with Crippen LogP contribution in [0.1, 0.15) is 34.1 Å². The van der Waals surface area contributed by atoms with Gasteiger partial charge < -0.3 is 25.8 Å². The van der Waals surface area contributed by atoms with Crippen LogP contribution < -0.4 is 16.0 Å². The van der Waals surface area contributed by atoms with E-state index in [1.54, 1.807) is 27.7 Å². The molecule has 0 rings (SSSR count). The molecule has 0 aromatic heterocycles. The predicted octanol–water partition coefficient (Wildman–Crippen LogP) is 0.838. The fraction of sp³-hybridized carbons (Fsp3) is 0.750. The number of alkyl carbamates (subject to hydrolysis) is 1. The Bertz CT molecular complexity index is 355. The van der Waals surface area contributed by atoms with E-state index in [1.807, 2.05) is 0 Å². The van der Waals surface area contributed by atoms with Crippen molar-refractivity contribution in [2.24, 2.45) is 0 Å². The first kappa shape index (κ1) is 18.4. The number of thiocarbonyl (C=S) groups is 1. The molecule has 0 aliphatic rings. The molecule has 0 aromatic carbocycles. The third-order valence-electron chi connectivity index (χ3n) is 2.09. The lowest BCUT2D eigenvalue weighted by atomic mass is 10.2. The van der Waals surface area contributed by atoms with Crippen LogP contribution in [-0.2, 0) is 9.53 Å². The van der Waals surface area contributed by atoms with E-state index in [2.05, 4.69) is 16.0 Å². The Kier molecular flexibility index (Phi) is 7.90. The summed E-state index contributed by atoms with van der Waals surface area (Å²) in [6.07, 6.45) is -0.0806. The van der Waals surface area contributed by atoms with E-state index >= 15 is 0 Å². The highest BCUT2D eigenvalue weighted by atomic mass is 32.1. The summed E-state index contributed by atoms with van der Waals surface area (Å²) in [7, 11) is 0. The third kappa shape index (κ3) is 9.37. The minimum Gasteiger partial charge on any atom is -0.480 e. The van der Waals surface area contributed by atoms with Crippen LogP contribution in [-0.4, -0.2) is 47.0 Å². The summed E-state index contributed by atoms with van der Waals surface area (Å²) in [5.41, 5.74) is -0.537. The van der Waals surface area contributed by atoms with Gasteiger partial charge in [0.25, 0.3) is 0 Å². The van der Waals surface area contributed by atoms with Gasteiger partial charge in [0.15, 0.2) is 5.11 Å². The molecule has 20 heavy (non-hydrogen) atoms. The van der Waals surface area contributed by atoms with Gasteiger partial charge in [0.05, 0.1) is 0 Å². The van der Waals surface area contributed by atoms with Crippen LogP contribution in [0.2, 0.25) is 0 Å². The highest BCUT2D eigenvalue weighted by Crippen LogP contribution is 2.05. The molecule has 0 bridgehead atoms. The molecule has 0 radical (unpaired) electrons. The number of amides is 1. The van der Waals surface area contributed by atoms with Crippen LogP contribution in [0.3, 0.4) is 0 Å². The van der Waals surface area contributed by atoms with Crippen molar-refractivity contribution in [1.29, 1.82) is 0 Å². The Labute approximate surface area is 124 Å². The molecule has 1 atom stereocenters. The summed E-state index contributed by atoms with van der Waals surface area (Å²) in [6.45, 7) is 7.78. The first-order valence-electron chi connectivity index (χ1n) is 6.39. The van der Waals surface area contributed by atoms with Gasteiger partial charge in [0.1, 0.15) is 11.6 Å². The number of hydrogen-bond donors (Lipinski definition) is 4. The molecule has 0 saturated heterocycles. The van der Waals surface area contributed by atoms with Crippen LogP contribution >= 0.6 is 12.2 Å². The van der Waals surface area contributed by atoms with Crippen molar-refractivity contribution >= 4 is 29.4 Å². The third-order valence-corrected chi connectivity index (χ3v) is 2.35. The molecule has 0 aliphatic heterocycles. The quantitative estimate of drug-likeness (QED) is 0.426. The molecule has 8 heteroatoms. The van der Waals surface area contributed by atoms with E-state index in [4.69, 9.17) is 22.1 Å². The highest BCUT2D eigenvalue weighted by Gasteiger charge is 2.16. The lowest BCUT2D eigenvalue weighted by Gasteiger charge is -2.20. The van der Waals surface area contributed by atoms with Crippen molar-refractivity contribution in [3.05, 3.63) is 0 Å². The first-order chi connectivity index (χ1) is 9.15. The number of hydrogen-bond acceptors (Lipinski definition) is 4. The molecule has 1 unspecified atom stereocenters. The largest absolute Gasteiger partial charge is 0.480 e. The SMILES string of the molecule is CCC(NC(=S)NCCNC(=O)OC(C)(C)C)C(=O)O. The number of ether oxygens (including phenoxy) is 1. The van der Waals surface area contributed by atoms with Crippen molar-refractivity contribution in [1.82, 2.24) is 16.0 Å². The Morgan fingerprint density at radius 1 is 1.25 bits per heavy atom. The Morgan fingerprint density at radius 3 is 2.25 bits per heavy atom. The summed E-state index contributed by atoms with van der Waals surface area (Å²) < 4.78 is 5.05. The maximum Gasteiger partial charge on any atom is 0.407 e. The van der Waals surface area contributed by atoms with Crippen LogP contribution in [0, 0.1) is 0 Å². The highest BCUT2D eigenvalue weighted by molar-refractivity contribution is 7.80. The van der Waals surface area contributed by atoms with Crippen molar-refractivity contribution < 1.29 is 19.4 Å². The minimum atomic E-state index is -0.955. The number of aliphatic carboxylic acids is 1. The summed E-state index contributed by atoms with van der Waals surface area (Å²) in [6, 6.07) is -0.714. The lowest BCUT2D eigenvalue weighted by molar-refractivity contribution is -0.139. The van der Waals surface area contributed by atoms with E-state index in [0.717, 1.165) is 0 Å². The van der Waals surface area contributed by atoms with E-state index in [-0.39, 0.29) is 5.11 Å². The molecular formula is C12H23N3O4S. The number of carboxylic acids is 1. The molecule has 0 fully saturated rings. The van der Waals surface area contributed by atoms with Crippen molar-refractivity contribution in [2.75, 3.05) is 13.1 Å². The second-order valence-corrected chi connectivity index (χ2v) is 5.54. The van der Waals surface area contributed by atoms with Gasteiger partial charge in [0, 0.05) is 13.1 Å². The Balaban J connectivity index is 3.82. The van der Waals surface area contributed by atoms with Crippen molar-refractivity contribution in [3.8, 4) is 0 Å². The number of rotatable bonds is 6. The van der Waals surface area contributed by atoms with Gasteiger partial charge in [-0.15, -0.1) is 0 Å². The van der Waals surface area contributed by atoms with E-state index < -0.39 is 23.7 Å². The zero-order valence-electron chi connectivity index (χ0n) is 12.3. The van der Waals surface area contributed by atoms with Gasteiger partial charge in [-0.1, -0.05) is 6.92 Å². The molecule has 4 N–H and O–H groups in total. The van der Waals surface area contributed by atoms with Gasteiger partial charge in [-0.2, -0.15) is 0 Å². The molecule has 0 heterocycles. The van der Waals surface area contributed by atoms with Crippen LogP contribution in [0.4, 0.5) is 4.79 Å². The average molecular weight is 305 g/mol. The fourth-order valence-electron chi connectivity index (χ4n) is 1.20. The molecule has 1 amide bonds. The van der Waals surface area contributed by atoms with E-state index in [1.165, 1.54) is 0 Å². The molecule has 0 aromatic rings. The zero-order chi connectivity index (χ0) is 15.8. The lowest BCUT2D eigenvalue weighted by Crippen LogP contribution is -2.47. The molecule has 0 spiro atoms. The van der Waals surface area contributed by atoms with Crippen molar-refractivity contribution in [2.45, 2.75) is 45.8 Å². The Hall–Kier alpha value is -1.57. The monoisotopic (exact) mass is 305 g/mol. The van der Waals surface area contributed by atoms with Gasteiger partial charge in [-0.25, -0.2) is 9.59 Å². The molecule has 0 aliphatic carbocycles. The van der Waals surface area contributed by atoms with Gasteiger partial charge in [-0.3, -0.25) is 0 Å². The minimum absolute atomic E-state index is 0.241. The molecule has 116 valence electrons. The van der Waals surface area contributed by atoms with Gasteiger partial charge in [0.2, 0.25) is 0 Å². The first-order valence-corrected chi connectivity index (χ1v) is 6.80. The number of carbonyl (C=O) groups excluding carboxylic acids is 1. The molecule has 0 saturated carbocycles. The van der Waals surface area contributed by atoms with E-state index in [9.17, 15) is 9.59 Å². The second kappa shape index (κ2) is 8.57. The summed E-state index contributed by atoms with van der Waals surface area (Å²) in [4.78, 5) is 22.1. The zero-order valence-corrected chi connectivity index (χ0v) is 13.1. The topological polar surface area (TPSA) is 99.7 Å². The van der Waals surface area contributed by atoms with Crippen LogP contribution in [0.15, 0.2) is 0 Å². The van der Waals surface area contributed by atoms with E-state index in [0.29, 0.717) is 19.5 Å².